The van der Waals surface area contributed by atoms with Gasteiger partial charge in [0, 0.05) is 6.04 Å². The van der Waals surface area contributed by atoms with Gasteiger partial charge in [-0.2, -0.15) is 0 Å². The first-order valence-electron chi connectivity index (χ1n) is 5.58. The standard InChI is InChI=1S/C11H19NO2/c1-6-3-4-8-5-9(11(13)14)12-10(8)7(6)2/h6-10,12H,3-5H2,1-2H3,(H,13,14). The molecule has 5 unspecified atom stereocenters. The number of aliphatic carboxylic acids is 1. The zero-order valence-corrected chi connectivity index (χ0v) is 8.86. The Morgan fingerprint density at radius 2 is 2.07 bits per heavy atom. The van der Waals surface area contributed by atoms with Crippen LogP contribution >= 0.6 is 0 Å². The number of carbonyl (C=O) groups is 1. The van der Waals surface area contributed by atoms with E-state index in [1.807, 2.05) is 0 Å². The zero-order chi connectivity index (χ0) is 10.3. The smallest absolute Gasteiger partial charge is 0.320 e. The Morgan fingerprint density at radius 3 is 2.71 bits per heavy atom. The van der Waals surface area contributed by atoms with Crippen molar-refractivity contribution in [2.75, 3.05) is 0 Å². The van der Waals surface area contributed by atoms with Gasteiger partial charge in [-0.15, -0.1) is 0 Å². The number of hydrogen-bond acceptors (Lipinski definition) is 2. The number of rotatable bonds is 1. The highest BCUT2D eigenvalue weighted by atomic mass is 16.4. The van der Waals surface area contributed by atoms with Crippen molar-refractivity contribution < 1.29 is 9.90 Å². The number of hydrogen-bond donors (Lipinski definition) is 2. The number of carboxylic acids is 1. The van der Waals surface area contributed by atoms with E-state index in [4.69, 9.17) is 5.11 Å². The molecular formula is C11H19NO2. The molecule has 2 fully saturated rings. The summed E-state index contributed by atoms with van der Waals surface area (Å²) < 4.78 is 0. The molecule has 1 aliphatic carbocycles. The molecule has 0 aromatic carbocycles. The molecule has 3 nitrogen and oxygen atoms in total. The van der Waals surface area contributed by atoms with Crippen LogP contribution in [0.2, 0.25) is 0 Å². The van der Waals surface area contributed by atoms with Crippen molar-refractivity contribution in [2.45, 2.75) is 45.2 Å². The fraction of sp³-hybridized carbons (Fsp3) is 0.909. The Bertz CT molecular complexity index is 241. The molecule has 1 saturated heterocycles. The zero-order valence-electron chi connectivity index (χ0n) is 8.86. The molecule has 0 radical (unpaired) electrons. The van der Waals surface area contributed by atoms with Crippen LogP contribution in [0.1, 0.15) is 33.1 Å². The molecule has 14 heavy (non-hydrogen) atoms. The van der Waals surface area contributed by atoms with Crippen LogP contribution in [0.25, 0.3) is 0 Å². The summed E-state index contributed by atoms with van der Waals surface area (Å²) in [5.41, 5.74) is 0. The first kappa shape index (κ1) is 9.97. The average Bonchev–Trinajstić information content (AvgIpc) is 2.56. The quantitative estimate of drug-likeness (QED) is 0.669. The highest BCUT2D eigenvalue weighted by Gasteiger charge is 2.43. The Hall–Kier alpha value is -0.570. The molecule has 1 aliphatic heterocycles. The van der Waals surface area contributed by atoms with E-state index in [0.29, 0.717) is 17.9 Å². The van der Waals surface area contributed by atoms with Gasteiger partial charge < -0.3 is 10.4 Å². The predicted molar refractivity (Wildman–Crippen MR) is 54.0 cm³/mol. The lowest BCUT2D eigenvalue weighted by Gasteiger charge is -2.36. The van der Waals surface area contributed by atoms with Gasteiger partial charge in [0.25, 0.3) is 0 Å². The molecule has 1 heterocycles. The molecule has 5 atom stereocenters. The van der Waals surface area contributed by atoms with E-state index in [2.05, 4.69) is 19.2 Å². The summed E-state index contributed by atoms with van der Waals surface area (Å²) >= 11 is 0. The van der Waals surface area contributed by atoms with E-state index in [1.165, 1.54) is 12.8 Å². The number of fused-ring (bicyclic) bond motifs is 1. The first-order chi connectivity index (χ1) is 6.59. The van der Waals surface area contributed by atoms with Crippen LogP contribution in [-0.4, -0.2) is 23.2 Å². The Kier molecular flexibility index (Phi) is 2.52. The van der Waals surface area contributed by atoms with E-state index in [0.717, 1.165) is 12.3 Å². The van der Waals surface area contributed by atoms with Crippen molar-refractivity contribution >= 4 is 5.97 Å². The summed E-state index contributed by atoms with van der Waals surface area (Å²) in [6, 6.07) is 0.151. The SMILES string of the molecule is CC1CCC2CC(C(=O)O)NC2C1C. The maximum atomic E-state index is 10.9. The molecule has 1 saturated carbocycles. The summed E-state index contributed by atoms with van der Waals surface area (Å²) in [5, 5.41) is 12.2. The summed E-state index contributed by atoms with van der Waals surface area (Å²) in [6.45, 7) is 4.52. The minimum Gasteiger partial charge on any atom is -0.480 e. The topological polar surface area (TPSA) is 49.3 Å². The number of nitrogens with one attached hydrogen (secondary N) is 1. The Morgan fingerprint density at radius 1 is 1.36 bits per heavy atom. The second-order valence-corrected chi connectivity index (χ2v) is 4.99. The van der Waals surface area contributed by atoms with Crippen molar-refractivity contribution in [3.05, 3.63) is 0 Å². The van der Waals surface area contributed by atoms with Crippen molar-refractivity contribution in [1.29, 1.82) is 0 Å². The molecule has 2 aliphatic rings. The third kappa shape index (κ3) is 1.54. The monoisotopic (exact) mass is 197 g/mol. The number of carboxylic acid groups (broad SMARTS) is 1. The minimum atomic E-state index is -0.681. The molecule has 3 heteroatoms. The second-order valence-electron chi connectivity index (χ2n) is 4.99. The third-order valence-corrected chi connectivity index (χ3v) is 4.19. The largest absolute Gasteiger partial charge is 0.480 e. The summed E-state index contributed by atoms with van der Waals surface area (Å²) in [7, 11) is 0. The van der Waals surface area contributed by atoms with Crippen molar-refractivity contribution in [1.82, 2.24) is 5.32 Å². The highest BCUT2D eigenvalue weighted by molar-refractivity contribution is 5.74. The van der Waals surface area contributed by atoms with Gasteiger partial charge in [-0.25, -0.2) is 0 Å². The van der Waals surface area contributed by atoms with Crippen molar-refractivity contribution in [2.24, 2.45) is 17.8 Å². The second kappa shape index (κ2) is 3.54. The van der Waals surface area contributed by atoms with E-state index in [-0.39, 0.29) is 6.04 Å². The van der Waals surface area contributed by atoms with E-state index < -0.39 is 5.97 Å². The fourth-order valence-electron chi connectivity index (χ4n) is 3.03. The molecule has 0 aromatic heterocycles. The van der Waals surface area contributed by atoms with Crippen LogP contribution in [0.5, 0.6) is 0 Å². The van der Waals surface area contributed by atoms with E-state index in [1.54, 1.807) is 0 Å². The third-order valence-electron chi connectivity index (χ3n) is 4.19. The summed E-state index contributed by atoms with van der Waals surface area (Å²) in [6.07, 6.45) is 3.29. The molecule has 0 amide bonds. The fourth-order valence-corrected chi connectivity index (χ4v) is 3.03. The van der Waals surface area contributed by atoms with Gasteiger partial charge in [0.15, 0.2) is 0 Å². The lowest BCUT2D eigenvalue weighted by Crippen LogP contribution is -2.43. The molecule has 2 rings (SSSR count). The molecule has 0 spiro atoms. The highest BCUT2D eigenvalue weighted by Crippen LogP contribution is 2.39. The summed E-state index contributed by atoms with van der Waals surface area (Å²) in [5.74, 6) is 1.27. The maximum Gasteiger partial charge on any atom is 0.320 e. The van der Waals surface area contributed by atoms with Gasteiger partial charge in [0.05, 0.1) is 0 Å². The predicted octanol–water partition coefficient (Wildman–Crippen LogP) is 1.48. The van der Waals surface area contributed by atoms with Crippen LogP contribution in [0.3, 0.4) is 0 Å². The lowest BCUT2D eigenvalue weighted by molar-refractivity contribution is -0.139. The van der Waals surface area contributed by atoms with Crippen molar-refractivity contribution in [3.8, 4) is 0 Å². The van der Waals surface area contributed by atoms with Gasteiger partial charge in [-0.3, -0.25) is 4.79 Å². The summed E-state index contributed by atoms with van der Waals surface area (Å²) in [4.78, 5) is 10.9. The van der Waals surface area contributed by atoms with Gasteiger partial charge in [-0.1, -0.05) is 20.3 Å². The van der Waals surface area contributed by atoms with E-state index >= 15 is 0 Å². The van der Waals surface area contributed by atoms with Crippen LogP contribution < -0.4 is 5.32 Å². The molecule has 0 bridgehead atoms. The normalized spacial score (nSPS) is 47.4. The van der Waals surface area contributed by atoms with Crippen LogP contribution in [0.15, 0.2) is 0 Å². The van der Waals surface area contributed by atoms with E-state index in [9.17, 15) is 4.79 Å². The Balaban J connectivity index is 2.06. The first-order valence-corrected chi connectivity index (χ1v) is 5.58. The van der Waals surface area contributed by atoms with Crippen LogP contribution in [0.4, 0.5) is 0 Å². The van der Waals surface area contributed by atoms with Gasteiger partial charge in [0.1, 0.15) is 6.04 Å². The van der Waals surface area contributed by atoms with Gasteiger partial charge in [0.2, 0.25) is 0 Å². The molecule has 0 aromatic rings. The van der Waals surface area contributed by atoms with Crippen LogP contribution in [-0.2, 0) is 4.79 Å². The van der Waals surface area contributed by atoms with Crippen LogP contribution in [0, 0.1) is 17.8 Å². The van der Waals surface area contributed by atoms with Gasteiger partial charge in [-0.05, 0) is 30.6 Å². The Labute approximate surface area is 84.9 Å². The molecule has 2 N–H and O–H groups in total. The lowest BCUT2D eigenvalue weighted by atomic mass is 9.73. The molecular weight excluding hydrogens is 178 g/mol. The van der Waals surface area contributed by atoms with Gasteiger partial charge >= 0.3 is 5.97 Å². The molecule has 80 valence electrons. The minimum absolute atomic E-state index is 0.294. The maximum absolute atomic E-state index is 10.9. The average molecular weight is 197 g/mol. The van der Waals surface area contributed by atoms with Crippen molar-refractivity contribution in [3.63, 3.8) is 0 Å².